The summed E-state index contributed by atoms with van der Waals surface area (Å²) in [6.07, 6.45) is 4.07. The van der Waals surface area contributed by atoms with Crippen molar-refractivity contribution >= 4 is 33.7 Å². The highest BCUT2D eigenvalue weighted by molar-refractivity contribution is 5.96. The number of hydrogen-bond donors (Lipinski definition) is 1. The van der Waals surface area contributed by atoms with Crippen molar-refractivity contribution in [2.75, 3.05) is 18.4 Å². The zero-order valence-corrected chi connectivity index (χ0v) is 16.9. The van der Waals surface area contributed by atoms with E-state index in [9.17, 15) is 18.0 Å². The van der Waals surface area contributed by atoms with Crippen molar-refractivity contribution in [1.29, 1.82) is 0 Å². The van der Waals surface area contributed by atoms with Gasteiger partial charge in [0.05, 0.1) is 17.2 Å². The number of aromatic nitrogens is 2. The SMILES string of the molecule is O=C(c1cc2ccc(F)cc2o1)N1CCCCC1CNc1cnc2cc(F)c(F)cc2n1. The minimum absolute atomic E-state index is 0.122. The first-order valence-corrected chi connectivity index (χ1v) is 10.3. The molecule has 1 unspecified atom stereocenters. The highest BCUT2D eigenvalue weighted by Gasteiger charge is 2.29. The Morgan fingerprint density at radius 1 is 1.09 bits per heavy atom. The van der Waals surface area contributed by atoms with Crippen LogP contribution in [-0.4, -0.2) is 39.9 Å². The molecular formula is C23H19F3N4O2. The first kappa shape index (κ1) is 20.3. The summed E-state index contributed by atoms with van der Waals surface area (Å²) in [5.74, 6) is -2.07. The third-order valence-electron chi connectivity index (χ3n) is 5.68. The molecule has 2 aromatic heterocycles. The lowest BCUT2D eigenvalue weighted by atomic mass is 10.0. The smallest absolute Gasteiger partial charge is 0.289 e. The average molecular weight is 440 g/mol. The quantitative estimate of drug-likeness (QED) is 0.489. The standard InChI is InChI=1S/C23H19F3N4O2/c24-14-5-4-13-7-21(32-20(13)8-14)23(31)30-6-2-1-3-15(30)11-28-22-12-27-18-9-16(25)17(26)10-19(18)29-22/h4-5,7-10,12,15H,1-3,6,11H2,(H,28,29). The Labute approximate surface area is 181 Å². The van der Waals surface area contributed by atoms with Crippen LogP contribution >= 0.6 is 0 Å². The van der Waals surface area contributed by atoms with Gasteiger partial charge in [0, 0.05) is 42.7 Å². The summed E-state index contributed by atoms with van der Waals surface area (Å²) in [5.41, 5.74) is 0.820. The fourth-order valence-electron chi connectivity index (χ4n) is 4.05. The van der Waals surface area contributed by atoms with E-state index in [1.165, 1.54) is 18.3 Å². The molecule has 2 aromatic carbocycles. The molecule has 9 heteroatoms. The molecule has 1 N–H and O–H groups in total. The molecule has 164 valence electrons. The van der Waals surface area contributed by atoms with Crippen molar-refractivity contribution in [2.45, 2.75) is 25.3 Å². The van der Waals surface area contributed by atoms with Gasteiger partial charge < -0.3 is 14.6 Å². The summed E-state index contributed by atoms with van der Waals surface area (Å²) >= 11 is 0. The van der Waals surface area contributed by atoms with Crippen LogP contribution in [-0.2, 0) is 0 Å². The van der Waals surface area contributed by atoms with Gasteiger partial charge in [0.1, 0.15) is 17.2 Å². The van der Waals surface area contributed by atoms with Crippen LogP contribution in [0.2, 0.25) is 0 Å². The highest BCUT2D eigenvalue weighted by Crippen LogP contribution is 2.25. The molecule has 0 radical (unpaired) electrons. The summed E-state index contributed by atoms with van der Waals surface area (Å²) in [4.78, 5) is 23.3. The van der Waals surface area contributed by atoms with E-state index in [0.717, 1.165) is 31.4 Å². The van der Waals surface area contributed by atoms with Gasteiger partial charge in [-0.25, -0.2) is 18.2 Å². The van der Waals surface area contributed by atoms with E-state index < -0.39 is 17.5 Å². The van der Waals surface area contributed by atoms with Gasteiger partial charge in [0.25, 0.3) is 5.91 Å². The molecule has 1 aliphatic rings. The third-order valence-corrected chi connectivity index (χ3v) is 5.68. The van der Waals surface area contributed by atoms with E-state index in [0.29, 0.717) is 29.9 Å². The molecule has 1 saturated heterocycles. The largest absolute Gasteiger partial charge is 0.451 e. The summed E-state index contributed by atoms with van der Waals surface area (Å²) in [7, 11) is 0. The van der Waals surface area contributed by atoms with Crippen LogP contribution in [0.25, 0.3) is 22.0 Å². The number of carbonyl (C=O) groups is 1. The number of anilines is 1. The van der Waals surface area contributed by atoms with E-state index >= 15 is 0 Å². The van der Waals surface area contributed by atoms with Crippen molar-refractivity contribution in [1.82, 2.24) is 14.9 Å². The van der Waals surface area contributed by atoms with Crippen LogP contribution in [0.1, 0.15) is 29.8 Å². The van der Waals surface area contributed by atoms with Crippen LogP contribution < -0.4 is 5.32 Å². The van der Waals surface area contributed by atoms with Gasteiger partial charge >= 0.3 is 0 Å². The van der Waals surface area contributed by atoms with Gasteiger partial charge in [0.15, 0.2) is 17.4 Å². The number of amides is 1. The maximum atomic E-state index is 13.5. The van der Waals surface area contributed by atoms with Crippen LogP contribution in [0.15, 0.2) is 47.0 Å². The van der Waals surface area contributed by atoms with E-state index in [1.807, 2.05) is 0 Å². The van der Waals surface area contributed by atoms with Gasteiger partial charge in [0.2, 0.25) is 0 Å². The second kappa shape index (κ2) is 8.14. The van der Waals surface area contributed by atoms with E-state index in [2.05, 4.69) is 15.3 Å². The highest BCUT2D eigenvalue weighted by atomic mass is 19.2. The molecule has 0 aliphatic carbocycles. The van der Waals surface area contributed by atoms with Gasteiger partial charge in [-0.05, 0) is 37.5 Å². The summed E-state index contributed by atoms with van der Waals surface area (Å²) in [5, 5.41) is 3.81. The average Bonchev–Trinajstić information content (AvgIpc) is 3.21. The first-order chi connectivity index (χ1) is 15.5. The molecule has 1 fully saturated rings. The van der Waals surface area contributed by atoms with Crippen molar-refractivity contribution in [3.63, 3.8) is 0 Å². The summed E-state index contributed by atoms with van der Waals surface area (Å²) in [6.45, 7) is 0.981. The van der Waals surface area contributed by atoms with Gasteiger partial charge in [-0.15, -0.1) is 0 Å². The van der Waals surface area contributed by atoms with Gasteiger partial charge in [-0.3, -0.25) is 9.78 Å². The molecule has 5 rings (SSSR count). The zero-order valence-electron chi connectivity index (χ0n) is 16.9. The fourth-order valence-corrected chi connectivity index (χ4v) is 4.05. The van der Waals surface area contributed by atoms with Crippen molar-refractivity contribution in [3.8, 4) is 0 Å². The monoisotopic (exact) mass is 440 g/mol. The Morgan fingerprint density at radius 2 is 1.91 bits per heavy atom. The summed E-state index contributed by atoms with van der Waals surface area (Å²) < 4.78 is 45.9. The number of fused-ring (bicyclic) bond motifs is 2. The maximum Gasteiger partial charge on any atom is 0.289 e. The number of halogens is 3. The Morgan fingerprint density at radius 3 is 2.75 bits per heavy atom. The Kier molecular flexibility index (Phi) is 5.16. The Hall–Kier alpha value is -3.62. The molecule has 4 aromatic rings. The molecule has 1 amide bonds. The van der Waals surface area contributed by atoms with Crippen LogP contribution in [0, 0.1) is 17.5 Å². The molecule has 1 aliphatic heterocycles. The Balaban J connectivity index is 1.33. The number of furan rings is 1. The molecule has 0 saturated carbocycles. The predicted molar refractivity (Wildman–Crippen MR) is 113 cm³/mol. The minimum atomic E-state index is -0.987. The first-order valence-electron chi connectivity index (χ1n) is 10.3. The number of nitrogens with one attached hydrogen (secondary N) is 1. The lowest BCUT2D eigenvalue weighted by molar-refractivity contribution is 0.0598. The number of carbonyl (C=O) groups excluding carboxylic acids is 1. The second-order valence-electron chi connectivity index (χ2n) is 7.83. The van der Waals surface area contributed by atoms with Crippen molar-refractivity contribution in [2.24, 2.45) is 0 Å². The number of likely N-dealkylation sites (tertiary alicyclic amines) is 1. The van der Waals surface area contributed by atoms with Crippen LogP contribution in [0.4, 0.5) is 19.0 Å². The van der Waals surface area contributed by atoms with E-state index in [1.54, 1.807) is 17.0 Å². The molecule has 1 atom stereocenters. The molecule has 0 bridgehead atoms. The molecule has 3 heterocycles. The summed E-state index contributed by atoms with van der Waals surface area (Å²) in [6, 6.07) is 7.67. The number of rotatable bonds is 4. The molecular weight excluding hydrogens is 421 g/mol. The van der Waals surface area contributed by atoms with Crippen LogP contribution in [0.5, 0.6) is 0 Å². The van der Waals surface area contributed by atoms with E-state index in [4.69, 9.17) is 4.42 Å². The van der Waals surface area contributed by atoms with E-state index in [-0.39, 0.29) is 28.7 Å². The third kappa shape index (κ3) is 3.86. The number of hydrogen-bond acceptors (Lipinski definition) is 5. The Bertz CT molecular complexity index is 1320. The van der Waals surface area contributed by atoms with Gasteiger partial charge in [-0.1, -0.05) is 0 Å². The maximum absolute atomic E-state index is 13.5. The fraction of sp³-hybridized carbons (Fsp3) is 0.261. The topological polar surface area (TPSA) is 71.3 Å². The predicted octanol–water partition coefficient (Wildman–Crippen LogP) is 4.90. The number of piperidine rings is 1. The number of benzene rings is 2. The minimum Gasteiger partial charge on any atom is -0.451 e. The zero-order chi connectivity index (χ0) is 22.2. The van der Waals surface area contributed by atoms with Gasteiger partial charge in [-0.2, -0.15) is 0 Å². The second-order valence-corrected chi connectivity index (χ2v) is 7.83. The number of nitrogens with zero attached hydrogens (tertiary/aromatic N) is 3. The molecule has 0 spiro atoms. The van der Waals surface area contributed by atoms with Crippen LogP contribution in [0.3, 0.4) is 0 Å². The van der Waals surface area contributed by atoms with Crippen molar-refractivity contribution in [3.05, 3.63) is 65.8 Å². The molecule has 6 nitrogen and oxygen atoms in total. The van der Waals surface area contributed by atoms with Crippen molar-refractivity contribution < 1.29 is 22.4 Å². The molecule has 32 heavy (non-hydrogen) atoms. The normalized spacial score (nSPS) is 16.6. The lowest BCUT2D eigenvalue weighted by Crippen LogP contribution is -2.47. The lowest BCUT2D eigenvalue weighted by Gasteiger charge is -2.35.